The molecule has 0 saturated carbocycles. The fourth-order valence-electron chi connectivity index (χ4n) is 1.69. The molecule has 0 amide bonds. The zero-order chi connectivity index (χ0) is 12.3. The lowest BCUT2D eigenvalue weighted by Gasteiger charge is -2.04. The summed E-state index contributed by atoms with van der Waals surface area (Å²) in [6.45, 7) is 0. The molecule has 88 valence electrons. The highest BCUT2D eigenvalue weighted by atomic mass is 32.2. The van der Waals surface area contributed by atoms with E-state index < -0.39 is 0 Å². The zero-order valence-corrected chi connectivity index (χ0v) is 10.7. The molecule has 0 N–H and O–H groups in total. The number of carbonyl (C=O) groups is 1. The fourth-order valence-corrected chi connectivity index (χ4v) is 2.31. The van der Waals surface area contributed by atoms with Crippen molar-refractivity contribution in [1.29, 1.82) is 0 Å². The Bertz CT molecular complexity index is 534. The van der Waals surface area contributed by atoms with Crippen molar-refractivity contribution < 1.29 is 4.79 Å². The summed E-state index contributed by atoms with van der Waals surface area (Å²) >= 11 is 1.59. The minimum absolute atomic E-state index is 0.119. The molecule has 0 spiro atoms. The summed E-state index contributed by atoms with van der Waals surface area (Å²) < 4.78 is 1.71. The number of Topliss-reactive ketones (excluding diaryl/α,β-unsaturated/α-hetero) is 1. The van der Waals surface area contributed by atoms with Gasteiger partial charge in [-0.1, -0.05) is 18.2 Å². The van der Waals surface area contributed by atoms with Crippen LogP contribution in [0.5, 0.6) is 0 Å². The van der Waals surface area contributed by atoms with E-state index in [-0.39, 0.29) is 5.78 Å². The van der Waals surface area contributed by atoms with E-state index in [9.17, 15) is 4.79 Å². The van der Waals surface area contributed by atoms with Gasteiger partial charge in [0.1, 0.15) is 0 Å². The number of thioether (sulfide) groups is 1. The van der Waals surface area contributed by atoms with Crippen molar-refractivity contribution in [3.63, 3.8) is 0 Å². The van der Waals surface area contributed by atoms with E-state index in [0.29, 0.717) is 6.42 Å². The monoisotopic (exact) mass is 246 g/mol. The number of nitrogens with zero attached hydrogens (tertiary/aromatic N) is 2. The highest BCUT2D eigenvalue weighted by Gasteiger charge is 2.12. The molecule has 0 aliphatic heterocycles. The Balaban J connectivity index is 2.20. The number of hydrogen-bond acceptors (Lipinski definition) is 3. The van der Waals surface area contributed by atoms with E-state index in [1.807, 2.05) is 49.8 Å². The second-order valence-corrected chi connectivity index (χ2v) is 4.63. The molecule has 1 aromatic heterocycles. The van der Waals surface area contributed by atoms with Crippen molar-refractivity contribution in [1.82, 2.24) is 9.78 Å². The van der Waals surface area contributed by atoms with Crippen LogP contribution in [0.15, 0.2) is 41.4 Å². The number of benzene rings is 1. The van der Waals surface area contributed by atoms with Gasteiger partial charge in [0.15, 0.2) is 5.78 Å². The van der Waals surface area contributed by atoms with Crippen LogP contribution in [0.25, 0.3) is 0 Å². The second kappa shape index (κ2) is 5.19. The zero-order valence-electron chi connectivity index (χ0n) is 9.88. The van der Waals surface area contributed by atoms with Crippen LogP contribution in [0.4, 0.5) is 0 Å². The Morgan fingerprint density at radius 3 is 2.76 bits per heavy atom. The van der Waals surface area contributed by atoms with Crippen molar-refractivity contribution in [2.45, 2.75) is 11.3 Å². The van der Waals surface area contributed by atoms with Gasteiger partial charge in [-0.2, -0.15) is 5.10 Å². The summed E-state index contributed by atoms with van der Waals surface area (Å²) in [5, 5.41) is 4.22. The summed E-state index contributed by atoms with van der Waals surface area (Å²) in [6.07, 6.45) is 4.19. The van der Waals surface area contributed by atoms with E-state index in [1.165, 1.54) is 0 Å². The highest BCUT2D eigenvalue weighted by molar-refractivity contribution is 7.98. The van der Waals surface area contributed by atoms with Crippen molar-refractivity contribution >= 4 is 17.5 Å². The summed E-state index contributed by atoms with van der Waals surface area (Å²) in [4.78, 5) is 13.2. The number of ketones is 1. The summed E-state index contributed by atoms with van der Waals surface area (Å²) in [6, 6.07) is 9.56. The van der Waals surface area contributed by atoms with E-state index in [2.05, 4.69) is 5.10 Å². The van der Waals surface area contributed by atoms with Gasteiger partial charge in [-0.05, 0) is 18.4 Å². The van der Waals surface area contributed by atoms with Crippen LogP contribution in [-0.4, -0.2) is 21.8 Å². The topological polar surface area (TPSA) is 34.9 Å². The average molecular weight is 246 g/mol. The standard InChI is InChI=1S/C13H14N2OS/c1-15-8-7-10(14-15)9-12(16)11-5-3-4-6-13(11)17-2/h3-8H,9H2,1-2H3. The summed E-state index contributed by atoms with van der Waals surface area (Å²) in [7, 11) is 1.85. The SMILES string of the molecule is CSc1ccccc1C(=O)Cc1ccn(C)n1. The van der Waals surface area contributed by atoms with Crippen LogP contribution in [-0.2, 0) is 13.5 Å². The molecule has 2 rings (SSSR count). The van der Waals surface area contributed by atoms with Gasteiger partial charge < -0.3 is 0 Å². The van der Waals surface area contributed by atoms with Crippen molar-refractivity contribution in [2.24, 2.45) is 7.05 Å². The molecule has 1 aromatic carbocycles. The van der Waals surface area contributed by atoms with Gasteiger partial charge in [0.2, 0.25) is 0 Å². The molecule has 17 heavy (non-hydrogen) atoms. The van der Waals surface area contributed by atoms with E-state index in [4.69, 9.17) is 0 Å². The molecule has 0 atom stereocenters. The first kappa shape index (κ1) is 11.9. The molecule has 0 aliphatic carbocycles. The van der Waals surface area contributed by atoms with Crippen LogP contribution in [0, 0.1) is 0 Å². The maximum Gasteiger partial charge on any atom is 0.170 e. The Morgan fingerprint density at radius 2 is 2.12 bits per heavy atom. The minimum Gasteiger partial charge on any atom is -0.294 e. The summed E-state index contributed by atoms with van der Waals surface area (Å²) in [5.74, 6) is 0.119. The molecular formula is C13H14N2OS. The molecule has 4 heteroatoms. The third-order valence-corrected chi connectivity index (χ3v) is 3.31. The predicted molar refractivity (Wildman–Crippen MR) is 69.5 cm³/mol. The molecule has 1 heterocycles. The maximum absolute atomic E-state index is 12.1. The first-order valence-corrected chi connectivity index (χ1v) is 6.58. The fraction of sp³-hybridized carbons (Fsp3) is 0.231. The normalized spacial score (nSPS) is 10.5. The molecule has 0 unspecified atom stereocenters. The van der Waals surface area contributed by atoms with E-state index >= 15 is 0 Å². The molecule has 0 saturated heterocycles. The molecular weight excluding hydrogens is 232 g/mol. The average Bonchev–Trinajstić information content (AvgIpc) is 2.74. The second-order valence-electron chi connectivity index (χ2n) is 3.78. The van der Waals surface area contributed by atoms with Gasteiger partial charge in [0.25, 0.3) is 0 Å². The van der Waals surface area contributed by atoms with Crippen LogP contribution in [0.2, 0.25) is 0 Å². The molecule has 0 aliphatic rings. The van der Waals surface area contributed by atoms with Gasteiger partial charge in [-0.15, -0.1) is 11.8 Å². The van der Waals surface area contributed by atoms with Gasteiger partial charge in [-0.25, -0.2) is 0 Å². The van der Waals surface area contributed by atoms with Crippen LogP contribution in [0.3, 0.4) is 0 Å². The molecule has 2 aromatic rings. The van der Waals surface area contributed by atoms with Gasteiger partial charge >= 0.3 is 0 Å². The molecule has 0 fully saturated rings. The molecule has 0 bridgehead atoms. The number of hydrogen-bond donors (Lipinski definition) is 0. The lowest BCUT2D eigenvalue weighted by atomic mass is 10.1. The Morgan fingerprint density at radius 1 is 1.35 bits per heavy atom. The Hall–Kier alpha value is -1.55. The number of aryl methyl sites for hydroxylation is 1. The lowest BCUT2D eigenvalue weighted by molar-refractivity contribution is 0.0989. The lowest BCUT2D eigenvalue weighted by Crippen LogP contribution is -2.06. The van der Waals surface area contributed by atoms with Gasteiger partial charge in [0, 0.05) is 23.7 Å². The number of aromatic nitrogens is 2. The highest BCUT2D eigenvalue weighted by Crippen LogP contribution is 2.21. The molecule has 3 nitrogen and oxygen atoms in total. The molecule has 0 radical (unpaired) electrons. The largest absolute Gasteiger partial charge is 0.294 e. The third kappa shape index (κ3) is 2.77. The van der Waals surface area contributed by atoms with Gasteiger partial charge in [-0.3, -0.25) is 9.48 Å². The van der Waals surface area contributed by atoms with Crippen LogP contribution >= 0.6 is 11.8 Å². The van der Waals surface area contributed by atoms with Crippen LogP contribution in [0.1, 0.15) is 16.1 Å². The van der Waals surface area contributed by atoms with E-state index in [1.54, 1.807) is 16.4 Å². The minimum atomic E-state index is 0.119. The Labute approximate surface area is 105 Å². The quantitative estimate of drug-likeness (QED) is 0.614. The summed E-state index contributed by atoms with van der Waals surface area (Å²) in [5.41, 5.74) is 1.60. The third-order valence-electron chi connectivity index (χ3n) is 2.52. The smallest absolute Gasteiger partial charge is 0.170 e. The van der Waals surface area contributed by atoms with Crippen molar-refractivity contribution in [3.8, 4) is 0 Å². The van der Waals surface area contributed by atoms with Crippen molar-refractivity contribution in [3.05, 3.63) is 47.8 Å². The van der Waals surface area contributed by atoms with Gasteiger partial charge in [0.05, 0.1) is 12.1 Å². The first-order chi connectivity index (χ1) is 8.20. The predicted octanol–water partition coefficient (Wildman–Crippen LogP) is 2.57. The van der Waals surface area contributed by atoms with Crippen LogP contribution < -0.4 is 0 Å². The maximum atomic E-state index is 12.1. The Kier molecular flexibility index (Phi) is 3.64. The van der Waals surface area contributed by atoms with E-state index in [0.717, 1.165) is 16.2 Å². The van der Waals surface area contributed by atoms with Crippen molar-refractivity contribution in [2.75, 3.05) is 6.26 Å². The first-order valence-electron chi connectivity index (χ1n) is 5.35. The number of rotatable bonds is 4. The number of carbonyl (C=O) groups excluding carboxylic acids is 1.